The van der Waals surface area contributed by atoms with E-state index in [1.54, 1.807) is 6.07 Å². The number of hydrogen-bond donors (Lipinski definition) is 1. The van der Waals surface area contributed by atoms with Crippen molar-refractivity contribution in [3.05, 3.63) is 34.1 Å². The van der Waals surface area contributed by atoms with Gasteiger partial charge in [0.2, 0.25) is 0 Å². The molecule has 1 rings (SSSR count). The van der Waals surface area contributed by atoms with E-state index in [1.807, 2.05) is 13.8 Å². The third-order valence-corrected chi connectivity index (χ3v) is 3.08. The quantitative estimate of drug-likeness (QED) is 0.865. The summed E-state index contributed by atoms with van der Waals surface area (Å²) in [5, 5.41) is 0. The molecular formula is C12H15BrFNO. The summed E-state index contributed by atoms with van der Waals surface area (Å²) in [7, 11) is 0. The van der Waals surface area contributed by atoms with Gasteiger partial charge in [0, 0.05) is 16.9 Å². The van der Waals surface area contributed by atoms with E-state index >= 15 is 0 Å². The zero-order valence-electron chi connectivity index (χ0n) is 9.34. The molecule has 2 N–H and O–H groups in total. The maximum Gasteiger partial charge on any atom is 0.170 e. The summed E-state index contributed by atoms with van der Waals surface area (Å²) in [4.78, 5) is 12.0. The lowest BCUT2D eigenvalue weighted by atomic mass is 9.88. The van der Waals surface area contributed by atoms with Crippen LogP contribution >= 0.6 is 15.9 Å². The van der Waals surface area contributed by atoms with Crippen molar-refractivity contribution in [2.24, 2.45) is 17.6 Å². The number of carbonyl (C=O) groups excluding carboxylic acids is 1. The van der Waals surface area contributed by atoms with Gasteiger partial charge in [-0.1, -0.05) is 29.8 Å². The third kappa shape index (κ3) is 2.89. The second-order valence-electron chi connectivity index (χ2n) is 4.07. The monoisotopic (exact) mass is 287 g/mol. The molecule has 0 saturated heterocycles. The zero-order valence-corrected chi connectivity index (χ0v) is 10.9. The summed E-state index contributed by atoms with van der Waals surface area (Å²) in [6, 6.07) is 4.35. The van der Waals surface area contributed by atoms with Crippen LogP contribution in [0.1, 0.15) is 24.2 Å². The molecule has 0 saturated carbocycles. The maximum atomic E-state index is 13.5. The van der Waals surface area contributed by atoms with Crippen LogP contribution in [-0.4, -0.2) is 12.3 Å². The Labute approximate surface area is 103 Å². The van der Waals surface area contributed by atoms with E-state index in [2.05, 4.69) is 15.9 Å². The van der Waals surface area contributed by atoms with Crippen LogP contribution in [0.2, 0.25) is 0 Å². The highest BCUT2D eigenvalue weighted by molar-refractivity contribution is 9.10. The first-order valence-electron chi connectivity index (χ1n) is 5.16. The van der Waals surface area contributed by atoms with Crippen molar-refractivity contribution in [2.45, 2.75) is 13.8 Å². The average Bonchev–Trinajstić information content (AvgIpc) is 2.22. The molecule has 0 aliphatic carbocycles. The fourth-order valence-corrected chi connectivity index (χ4v) is 1.93. The molecule has 0 aliphatic heterocycles. The molecule has 0 fully saturated rings. The number of ketones is 1. The van der Waals surface area contributed by atoms with Crippen molar-refractivity contribution in [2.75, 3.05) is 6.54 Å². The van der Waals surface area contributed by atoms with Crippen LogP contribution in [0.25, 0.3) is 0 Å². The minimum Gasteiger partial charge on any atom is -0.330 e. The molecule has 0 heterocycles. The van der Waals surface area contributed by atoms with E-state index in [0.717, 1.165) is 0 Å². The fraction of sp³-hybridized carbons (Fsp3) is 0.417. The van der Waals surface area contributed by atoms with Crippen molar-refractivity contribution in [1.29, 1.82) is 0 Å². The van der Waals surface area contributed by atoms with Crippen molar-refractivity contribution in [3.63, 3.8) is 0 Å². The molecule has 2 nitrogen and oxygen atoms in total. The second-order valence-corrected chi connectivity index (χ2v) is 4.99. The number of Topliss-reactive ketones (excluding diaryl/α,β-unsaturated/α-hetero) is 1. The molecule has 0 radical (unpaired) electrons. The molecule has 16 heavy (non-hydrogen) atoms. The van der Waals surface area contributed by atoms with Crippen LogP contribution in [0.5, 0.6) is 0 Å². The summed E-state index contributed by atoms with van der Waals surface area (Å²) < 4.78 is 14.2. The van der Waals surface area contributed by atoms with Crippen LogP contribution in [0.15, 0.2) is 22.7 Å². The van der Waals surface area contributed by atoms with Gasteiger partial charge < -0.3 is 5.73 Å². The van der Waals surface area contributed by atoms with Crippen molar-refractivity contribution in [3.8, 4) is 0 Å². The highest BCUT2D eigenvalue weighted by atomic mass is 79.9. The van der Waals surface area contributed by atoms with Gasteiger partial charge in [0.25, 0.3) is 0 Å². The molecule has 1 atom stereocenters. The van der Waals surface area contributed by atoms with Crippen LogP contribution in [-0.2, 0) is 0 Å². The van der Waals surface area contributed by atoms with Gasteiger partial charge in [0.05, 0.1) is 5.56 Å². The van der Waals surface area contributed by atoms with E-state index in [-0.39, 0.29) is 29.7 Å². The zero-order chi connectivity index (χ0) is 12.3. The number of rotatable bonds is 4. The molecule has 1 aromatic carbocycles. The Morgan fingerprint density at radius 1 is 1.50 bits per heavy atom. The molecule has 0 aliphatic rings. The number of nitrogens with two attached hydrogens (primary N) is 1. The van der Waals surface area contributed by atoms with Crippen LogP contribution in [0.3, 0.4) is 0 Å². The number of hydrogen-bond acceptors (Lipinski definition) is 2. The first-order chi connectivity index (χ1) is 7.47. The average molecular weight is 288 g/mol. The fourth-order valence-electron chi connectivity index (χ4n) is 1.57. The van der Waals surface area contributed by atoms with E-state index in [0.29, 0.717) is 4.47 Å². The highest BCUT2D eigenvalue weighted by Gasteiger charge is 2.24. The second kappa shape index (κ2) is 5.55. The van der Waals surface area contributed by atoms with Gasteiger partial charge in [-0.3, -0.25) is 4.79 Å². The van der Waals surface area contributed by atoms with Gasteiger partial charge in [-0.25, -0.2) is 4.39 Å². The van der Waals surface area contributed by atoms with E-state index < -0.39 is 5.82 Å². The van der Waals surface area contributed by atoms with Crippen LogP contribution in [0, 0.1) is 17.7 Å². The van der Waals surface area contributed by atoms with E-state index in [9.17, 15) is 9.18 Å². The standard InChI is InChI=1S/C12H15BrFNO/c1-7(2)10(6-15)12(16)9-5-8(13)3-4-11(9)14/h3-5,7,10H,6,15H2,1-2H3. The third-order valence-electron chi connectivity index (χ3n) is 2.59. The molecule has 4 heteroatoms. The summed E-state index contributed by atoms with van der Waals surface area (Å²) in [6.07, 6.45) is 0. The van der Waals surface area contributed by atoms with Gasteiger partial charge in [0.1, 0.15) is 5.82 Å². The van der Waals surface area contributed by atoms with Crippen molar-refractivity contribution < 1.29 is 9.18 Å². The Balaban J connectivity index is 3.08. The summed E-state index contributed by atoms with van der Waals surface area (Å²) in [5.41, 5.74) is 5.65. The van der Waals surface area contributed by atoms with Gasteiger partial charge in [0.15, 0.2) is 5.78 Å². The van der Waals surface area contributed by atoms with E-state index in [1.165, 1.54) is 12.1 Å². The molecule has 0 bridgehead atoms. The molecular weight excluding hydrogens is 273 g/mol. The number of halogens is 2. The van der Waals surface area contributed by atoms with Crippen molar-refractivity contribution in [1.82, 2.24) is 0 Å². The number of carbonyl (C=O) groups is 1. The SMILES string of the molecule is CC(C)C(CN)C(=O)c1cc(Br)ccc1F. The van der Waals surface area contributed by atoms with E-state index in [4.69, 9.17) is 5.73 Å². The summed E-state index contributed by atoms with van der Waals surface area (Å²) >= 11 is 3.22. The Kier molecular flexibility index (Phi) is 4.62. The minimum absolute atomic E-state index is 0.107. The van der Waals surface area contributed by atoms with Gasteiger partial charge in [-0.15, -0.1) is 0 Å². The van der Waals surface area contributed by atoms with Crippen LogP contribution in [0.4, 0.5) is 4.39 Å². The molecule has 0 spiro atoms. The first-order valence-corrected chi connectivity index (χ1v) is 5.96. The van der Waals surface area contributed by atoms with Gasteiger partial charge in [-0.05, 0) is 24.1 Å². The predicted octanol–water partition coefficient (Wildman–Crippen LogP) is 3.00. The topological polar surface area (TPSA) is 43.1 Å². The smallest absolute Gasteiger partial charge is 0.170 e. The lowest BCUT2D eigenvalue weighted by Crippen LogP contribution is -2.29. The maximum absolute atomic E-state index is 13.5. The Bertz CT molecular complexity index is 393. The number of benzene rings is 1. The normalized spacial score (nSPS) is 12.9. The highest BCUT2D eigenvalue weighted by Crippen LogP contribution is 2.21. The molecule has 0 aromatic heterocycles. The molecule has 1 unspecified atom stereocenters. The Morgan fingerprint density at radius 3 is 2.62 bits per heavy atom. The largest absolute Gasteiger partial charge is 0.330 e. The Morgan fingerprint density at radius 2 is 2.12 bits per heavy atom. The summed E-state index contributed by atoms with van der Waals surface area (Å²) in [5.74, 6) is -0.941. The minimum atomic E-state index is -0.493. The molecule has 0 amide bonds. The van der Waals surface area contributed by atoms with Gasteiger partial charge in [-0.2, -0.15) is 0 Å². The first kappa shape index (κ1) is 13.3. The molecule has 1 aromatic rings. The van der Waals surface area contributed by atoms with Crippen molar-refractivity contribution >= 4 is 21.7 Å². The predicted molar refractivity (Wildman–Crippen MR) is 65.8 cm³/mol. The Hall–Kier alpha value is -0.740. The van der Waals surface area contributed by atoms with Gasteiger partial charge >= 0.3 is 0 Å². The molecule has 88 valence electrons. The lowest BCUT2D eigenvalue weighted by molar-refractivity contribution is 0.0888. The summed E-state index contributed by atoms with van der Waals surface area (Å²) in [6.45, 7) is 4.05. The lowest BCUT2D eigenvalue weighted by Gasteiger charge is -2.17. The van der Waals surface area contributed by atoms with Crippen LogP contribution < -0.4 is 5.73 Å².